The number of hydrogen-bond acceptors (Lipinski definition) is 8. The lowest BCUT2D eigenvalue weighted by Gasteiger charge is -2.38. The second kappa shape index (κ2) is 11.4. The number of hydrogen-bond donors (Lipinski definition) is 1. The molecule has 2 saturated heterocycles. The van der Waals surface area contributed by atoms with Crippen molar-refractivity contribution in [3.8, 4) is 0 Å². The van der Waals surface area contributed by atoms with Crippen LogP contribution in [0.15, 0.2) is 41.4 Å². The molecular weight excluding hydrogens is 512 g/mol. The number of likely N-dealkylation sites (tertiary alicyclic amines) is 1. The van der Waals surface area contributed by atoms with Crippen LogP contribution in [-0.4, -0.2) is 104 Å². The molecule has 0 spiro atoms. The van der Waals surface area contributed by atoms with Crippen molar-refractivity contribution in [2.75, 3.05) is 77.2 Å². The first-order valence-electron chi connectivity index (χ1n) is 14.0. The van der Waals surface area contributed by atoms with E-state index >= 15 is 0 Å². The predicted molar refractivity (Wildman–Crippen MR) is 157 cm³/mol. The van der Waals surface area contributed by atoms with E-state index in [1.54, 1.807) is 24.3 Å². The Morgan fingerprint density at radius 2 is 1.69 bits per heavy atom. The maximum Gasteiger partial charge on any atom is 0.242 e. The minimum absolute atomic E-state index is 0.262. The van der Waals surface area contributed by atoms with Crippen LogP contribution in [0.5, 0.6) is 0 Å². The minimum atomic E-state index is -3.48. The molecule has 4 heterocycles. The summed E-state index contributed by atoms with van der Waals surface area (Å²) < 4.78 is 28.0. The first-order valence-corrected chi connectivity index (χ1v) is 15.4. The zero-order valence-corrected chi connectivity index (χ0v) is 24.7. The molecule has 1 N–H and O–H groups in total. The molecule has 0 aliphatic carbocycles. The fourth-order valence-corrected chi connectivity index (χ4v) is 6.37. The summed E-state index contributed by atoms with van der Waals surface area (Å²) >= 11 is 0. The lowest BCUT2D eigenvalue weighted by atomic mass is 9.96. The molecule has 0 amide bonds. The quantitative estimate of drug-likeness (QED) is 0.454. The standard InChI is InChI=1S/C28H42N8O2S/c1-21(2)25-19-29-36-27(30-23-6-8-24(9-7-23)39(37,38)32(3)4)18-26(31-28(25)36)35-16-14-34(15-17-35)20-22-10-12-33(5)13-11-22/h6-9,18-19,21-22,30H,10-17,20H2,1-5H3. The van der Waals surface area contributed by atoms with Gasteiger partial charge < -0.3 is 15.1 Å². The second-order valence-electron chi connectivity index (χ2n) is 11.5. The summed E-state index contributed by atoms with van der Waals surface area (Å²) in [6, 6.07) is 8.89. The van der Waals surface area contributed by atoms with Crippen molar-refractivity contribution in [1.82, 2.24) is 28.7 Å². The predicted octanol–water partition coefficient (Wildman–Crippen LogP) is 3.31. The summed E-state index contributed by atoms with van der Waals surface area (Å²) in [5, 5.41) is 8.11. The number of piperidine rings is 1. The molecule has 0 bridgehead atoms. The third kappa shape index (κ3) is 6.06. The fraction of sp³-hybridized carbons (Fsp3) is 0.571. The van der Waals surface area contributed by atoms with Gasteiger partial charge in [-0.05, 0) is 69.1 Å². The van der Waals surface area contributed by atoms with Gasteiger partial charge in [-0.2, -0.15) is 9.61 Å². The van der Waals surface area contributed by atoms with Gasteiger partial charge in [-0.1, -0.05) is 13.8 Å². The van der Waals surface area contributed by atoms with Gasteiger partial charge in [0.1, 0.15) is 11.6 Å². The Hall–Kier alpha value is -2.73. The topological polar surface area (TPSA) is 89.3 Å². The van der Waals surface area contributed by atoms with Crippen LogP contribution in [0, 0.1) is 5.92 Å². The highest BCUT2D eigenvalue weighted by molar-refractivity contribution is 7.89. The van der Waals surface area contributed by atoms with E-state index in [0.717, 1.165) is 60.6 Å². The number of sulfonamides is 1. The highest BCUT2D eigenvalue weighted by Crippen LogP contribution is 2.29. The Balaban J connectivity index is 1.35. The van der Waals surface area contributed by atoms with Crippen LogP contribution < -0.4 is 10.2 Å². The van der Waals surface area contributed by atoms with Crippen molar-refractivity contribution in [3.05, 3.63) is 42.1 Å². The minimum Gasteiger partial charge on any atom is -0.354 e. The van der Waals surface area contributed by atoms with Crippen LogP contribution in [0.4, 0.5) is 17.3 Å². The van der Waals surface area contributed by atoms with Gasteiger partial charge in [-0.25, -0.2) is 17.7 Å². The van der Waals surface area contributed by atoms with E-state index in [9.17, 15) is 8.42 Å². The molecule has 212 valence electrons. The Bertz CT molecular complexity index is 1370. The van der Waals surface area contributed by atoms with Crippen LogP contribution in [0.2, 0.25) is 0 Å². The Labute approximate surface area is 232 Å². The zero-order valence-electron chi connectivity index (χ0n) is 23.8. The largest absolute Gasteiger partial charge is 0.354 e. The molecule has 2 aromatic heterocycles. The van der Waals surface area contributed by atoms with E-state index in [-0.39, 0.29) is 4.90 Å². The van der Waals surface area contributed by atoms with Gasteiger partial charge in [-0.3, -0.25) is 4.90 Å². The van der Waals surface area contributed by atoms with E-state index in [1.165, 1.54) is 50.9 Å². The summed E-state index contributed by atoms with van der Waals surface area (Å²) in [6.45, 7) is 11.9. The van der Waals surface area contributed by atoms with Crippen molar-refractivity contribution >= 4 is 33.0 Å². The first kappa shape index (κ1) is 27.8. The van der Waals surface area contributed by atoms with Crippen molar-refractivity contribution in [2.45, 2.75) is 37.5 Å². The number of fused-ring (bicyclic) bond motifs is 1. The van der Waals surface area contributed by atoms with Crippen molar-refractivity contribution in [1.29, 1.82) is 0 Å². The Morgan fingerprint density at radius 1 is 1.03 bits per heavy atom. The molecule has 2 aliphatic rings. The molecule has 0 radical (unpaired) electrons. The number of rotatable bonds is 8. The highest BCUT2D eigenvalue weighted by Gasteiger charge is 2.25. The van der Waals surface area contributed by atoms with Crippen LogP contribution in [0.25, 0.3) is 5.65 Å². The summed E-state index contributed by atoms with van der Waals surface area (Å²) in [4.78, 5) is 12.8. The SMILES string of the molecule is CC(C)c1cnn2c(Nc3ccc(S(=O)(=O)N(C)C)cc3)cc(N3CCN(CC4CCN(C)CC4)CC3)nc12. The Kier molecular flexibility index (Phi) is 8.14. The molecule has 1 aromatic carbocycles. The van der Waals surface area contributed by atoms with Crippen molar-refractivity contribution in [2.24, 2.45) is 5.92 Å². The van der Waals surface area contributed by atoms with E-state index in [1.807, 2.05) is 10.7 Å². The summed E-state index contributed by atoms with van der Waals surface area (Å²) in [7, 11) is 1.81. The molecular formula is C28H42N8O2S. The third-order valence-corrected chi connectivity index (χ3v) is 9.89. The molecule has 11 heteroatoms. The van der Waals surface area contributed by atoms with Gasteiger partial charge in [-0.15, -0.1) is 0 Å². The van der Waals surface area contributed by atoms with Gasteiger partial charge in [0.15, 0.2) is 5.65 Å². The normalized spacial score (nSPS) is 18.5. The van der Waals surface area contributed by atoms with E-state index in [4.69, 9.17) is 4.98 Å². The van der Waals surface area contributed by atoms with Gasteiger partial charge in [0.25, 0.3) is 0 Å². The monoisotopic (exact) mass is 554 g/mol. The lowest BCUT2D eigenvalue weighted by molar-refractivity contribution is 0.155. The number of piperazine rings is 1. The molecule has 0 unspecified atom stereocenters. The Morgan fingerprint density at radius 3 is 2.31 bits per heavy atom. The average molecular weight is 555 g/mol. The van der Waals surface area contributed by atoms with Crippen LogP contribution in [0.3, 0.4) is 0 Å². The molecule has 0 saturated carbocycles. The third-order valence-electron chi connectivity index (χ3n) is 8.06. The molecule has 2 fully saturated rings. The molecule has 39 heavy (non-hydrogen) atoms. The number of anilines is 3. The van der Waals surface area contributed by atoms with E-state index in [0.29, 0.717) is 5.92 Å². The van der Waals surface area contributed by atoms with Crippen LogP contribution in [-0.2, 0) is 10.0 Å². The maximum absolute atomic E-state index is 12.5. The average Bonchev–Trinajstić information content (AvgIpc) is 3.35. The zero-order chi connectivity index (χ0) is 27.7. The van der Waals surface area contributed by atoms with Gasteiger partial charge in [0, 0.05) is 64.1 Å². The molecule has 5 rings (SSSR count). The second-order valence-corrected chi connectivity index (χ2v) is 13.6. The van der Waals surface area contributed by atoms with Gasteiger partial charge >= 0.3 is 0 Å². The number of nitrogens with one attached hydrogen (secondary N) is 1. The highest BCUT2D eigenvalue weighted by atomic mass is 32.2. The summed E-state index contributed by atoms with van der Waals surface area (Å²) in [5.41, 5.74) is 2.74. The number of aromatic nitrogens is 3. The van der Waals surface area contributed by atoms with Crippen LogP contribution >= 0.6 is 0 Å². The molecule has 2 aliphatic heterocycles. The fourth-order valence-electron chi connectivity index (χ4n) is 5.46. The molecule has 10 nitrogen and oxygen atoms in total. The first-order chi connectivity index (χ1) is 18.6. The molecule has 3 aromatic rings. The summed E-state index contributed by atoms with van der Waals surface area (Å²) in [5.74, 6) is 2.84. The van der Waals surface area contributed by atoms with E-state index in [2.05, 4.69) is 52.1 Å². The van der Waals surface area contributed by atoms with Gasteiger partial charge in [0.05, 0.1) is 11.1 Å². The van der Waals surface area contributed by atoms with Crippen LogP contribution in [0.1, 0.15) is 38.2 Å². The number of nitrogens with zero attached hydrogens (tertiary/aromatic N) is 7. The van der Waals surface area contributed by atoms with Crippen molar-refractivity contribution in [3.63, 3.8) is 0 Å². The maximum atomic E-state index is 12.5. The van der Waals surface area contributed by atoms with Gasteiger partial charge in [0.2, 0.25) is 10.0 Å². The molecule has 0 atom stereocenters. The smallest absolute Gasteiger partial charge is 0.242 e. The van der Waals surface area contributed by atoms with Crippen molar-refractivity contribution < 1.29 is 8.42 Å². The lowest BCUT2D eigenvalue weighted by Crippen LogP contribution is -2.49. The van der Waals surface area contributed by atoms with E-state index < -0.39 is 10.0 Å². The number of benzene rings is 1. The summed E-state index contributed by atoms with van der Waals surface area (Å²) in [6.07, 6.45) is 4.49.